The van der Waals surface area contributed by atoms with E-state index in [0.717, 1.165) is 6.42 Å². The predicted octanol–water partition coefficient (Wildman–Crippen LogP) is 4.03. The number of unbranched alkanes of at least 4 members (excludes halogenated alkanes) is 9. The maximum absolute atomic E-state index is 11.8. The van der Waals surface area contributed by atoms with Gasteiger partial charge in [-0.2, -0.15) is 0 Å². The minimum atomic E-state index is -0.189. The van der Waals surface area contributed by atoms with Crippen LogP contribution in [0.4, 0.5) is 0 Å². The molecule has 0 atom stereocenters. The summed E-state index contributed by atoms with van der Waals surface area (Å²) in [5.74, 6) is -0.118. The molecule has 4 nitrogen and oxygen atoms in total. The van der Waals surface area contributed by atoms with Crippen molar-refractivity contribution in [2.75, 3.05) is 6.54 Å². The summed E-state index contributed by atoms with van der Waals surface area (Å²) in [5, 5.41) is 2.88. The lowest BCUT2D eigenvalue weighted by Crippen LogP contribution is -2.25. The highest BCUT2D eigenvalue weighted by atomic mass is 16.1. The molecule has 1 rings (SSSR count). The van der Waals surface area contributed by atoms with Gasteiger partial charge in [0.1, 0.15) is 0 Å². The van der Waals surface area contributed by atoms with Crippen LogP contribution < -0.4 is 10.9 Å². The zero-order chi connectivity index (χ0) is 16.0. The van der Waals surface area contributed by atoms with Gasteiger partial charge in [0.2, 0.25) is 5.56 Å². The van der Waals surface area contributed by atoms with Gasteiger partial charge in [0.15, 0.2) is 0 Å². The number of carbonyl (C=O) groups excluding carboxylic acids is 1. The van der Waals surface area contributed by atoms with Gasteiger partial charge in [0.05, 0.1) is 5.56 Å². The Labute approximate surface area is 133 Å². The number of hydrogen-bond acceptors (Lipinski definition) is 2. The van der Waals surface area contributed by atoms with Crippen molar-refractivity contribution in [3.63, 3.8) is 0 Å². The van der Waals surface area contributed by atoms with Crippen LogP contribution in [0.15, 0.2) is 23.1 Å². The minimum absolute atomic E-state index is 0.118. The Morgan fingerprint density at radius 2 is 1.55 bits per heavy atom. The number of hydrogen-bond donors (Lipinski definition) is 2. The maximum atomic E-state index is 11.8. The highest BCUT2D eigenvalue weighted by Crippen LogP contribution is 2.10. The third-order valence-electron chi connectivity index (χ3n) is 3.86. The summed E-state index contributed by atoms with van der Waals surface area (Å²) in [6.45, 7) is 2.95. The fourth-order valence-electron chi connectivity index (χ4n) is 2.47. The van der Waals surface area contributed by atoms with E-state index in [1.165, 1.54) is 70.1 Å². The SMILES string of the molecule is CCCCCCCCCCCCNC(=O)c1ccc(=O)[nH]c1. The fourth-order valence-corrected chi connectivity index (χ4v) is 2.47. The fraction of sp³-hybridized carbons (Fsp3) is 0.667. The molecular weight excluding hydrogens is 276 g/mol. The van der Waals surface area contributed by atoms with Gasteiger partial charge >= 0.3 is 0 Å². The van der Waals surface area contributed by atoms with Crippen molar-refractivity contribution in [3.8, 4) is 0 Å². The average molecular weight is 306 g/mol. The zero-order valence-electron chi connectivity index (χ0n) is 13.8. The van der Waals surface area contributed by atoms with E-state index < -0.39 is 0 Å². The van der Waals surface area contributed by atoms with Crippen LogP contribution in [0.5, 0.6) is 0 Å². The van der Waals surface area contributed by atoms with Gasteiger partial charge in [-0.3, -0.25) is 9.59 Å². The van der Waals surface area contributed by atoms with Crippen LogP contribution in [-0.2, 0) is 0 Å². The molecule has 1 amide bonds. The van der Waals surface area contributed by atoms with Crippen molar-refractivity contribution < 1.29 is 4.79 Å². The highest BCUT2D eigenvalue weighted by Gasteiger charge is 2.03. The van der Waals surface area contributed by atoms with Crippen LogP contribution in [0.25, 0.3) is 0 Å². The second kappa shape index (κ2) is 12.0. The third kappa shape index (κ3) is 8.65. The number of aromatic nitrogens is 1. The quantitative estimate of drug-likeness (QED) is 0.573. The van der Waals surface area contributed by atoms with Gasteiger partial charge in [-0.25, -0.2) is 0 Å². The van der Waals surface area contributed by atoms with Crippen molar-refractivity contribution >= 4 is 5.91 Å². The molecule has 124 valence electrons. The largest absolute Gasteiger partial charge is 0.352 e. The summed E-state index contributed by atoms with van der Waals surface area (Å²) in [7, 11) is 0. The highest BCUT2D eigenvalue weighted by molar-refractivity contribution is 5.93. The van der Waals surface area contributed by atoms with Crippen LogP contribution in [0, 0.1) is 0 Å². The first-order chi connectivity index (χ1) is 10.7. The van der Waals surface area contributed by atoms with Crippen LogP contribution in [0.2, 0.25) is 0 Å². The number of nitrogens with one attached hydrogen (secondary N) is 2. The van der Waals surface area contributed by atoms with Crippen molar-refractivity contribution in [3.05, 3.63) is 34.2 Å². The molecular formula is C18H30N2O2. The standard InChI is InChI=1S/C18H30N2O2/c1-2-3-4-5-6-7-8-9-10-11-14-19-18(22)16-12-13-17(21)20-15-16/h12-13,15H,2-11,14H2,1H3,(H,19,22)(H,20,21). The van der Waals surface area contributed by atoms with E-state index in [1.54, 1.807) is 6.07 Å². The summed E-state index contributed by atoms with van der Waals surface area (Å²) < 4.78 is 0. The van der Waals surface area contributed by atoms with Gasteiger partial charge in [-0.05, 0) is 12.5 Å². The molecule has 0 aliphatic rings. The molecule has 2 N–H and O–H groups in total. The first-order valence-electron chi connectivity index (χ1n) is 8.71. The van der Waals surface area contributed by atoms with Crippen molar-refractivity contribution in [1.82, 2.24) is 10.3 Å². The number of rotatable bonds is 12. The molecule has 0 spiro atoms. The van der Waals surface area contributed by atoms with Gasteiger partial charge in [-0.1, -0.05) is 64.7 Å². The summed E-state index contributed by atoms with van der Waals surface area (Å²) in [5.41, 5.74) is 0.318. The maximum Gasteiger partial charge on any atom is 0.252 e. The summed E-state index contributed by atoms with van der Waals surface area (Å²) in [6, 6.07) is 2.92. The van der Waals surface area contributed by atoms with E-state index in [-0.39, 0.29) is 11.5 Å². The molecule has 1 heterocycles. The zero-order valence-corrected chi connectivity index (χ0v) is 13.8. The van der Waals surface area contributed by atoms with E-state index in [4.69, 9.17) is 0 Å². The molecule has 0 aromatic carbocycles. The molecule has 22 heavy (non-hydrogen) atoms. The summed E-state index contributed by atoms with van der Waals surface area (Å²) in [4.78, 5) is 25.2. The first-order valence-corrected chi connectivity index (χ1v) is 8.71. The average Bonchev–Trinajstić information content (AvgIpc) is 2.53. The second-order valence-electron chi connectivity index (χ2n) is 5.88. The van der Waals surface area contributed by atoms with E-state index in [2.05, 4.69) is 17.2 Å². The summed E-state index contributed by atoms with van der Waals surface area (Å²) in [6.07, 6.45) is 14.3. The molecule has 0 aliphatic carbocycles. The Bertz CT molecular complexity index is 448. The molecule has 0 saturated heterocycles. The van der Waals surface area contributed by atoms with Crippen LogP contribution in [0.3, 0.4) is 0 Å². The van der Waals surface area contributed by atoms with Crippen molar-refractivity contribution in [2.24, 2.45) is 0 Å². The van der Waals surface area contributed by atoms with E-state index >= 15 is 0 Å². The topological polar surface area (TPSA) is 62.0 Å². The Hall–Kier alpha value is -1.58. The number of H-pyrrole nitrogens is 1. The van der Waals surface area contributed by atoms with Gasteiger partial charge in [-0.15, -0.1) is 0 Å². The smallest absolute Gasteiger partial charge is 0.252 e. The minimum Gasteiger partial charge on any atom is -0.352 e. The second-order valence-corrected chi connectivity index (χ2v) is 5.88. The number of amides is 1. The molecule has 1 aromatic heterocycles. The molecule has 0 radical (unpaired) electrons. The lowest BCUT2D eigenvalue weighted by Gasteiger charge is -2.05. The Kier molecular flexibility index (Phi) is 10.1. The van der Waals surface area contributed by atoms with Gasteiger partial charge in [0.25, 0.3) is 5.91 Å². The first kappa shape index (κ1) is 18.5. The molecule has 0 aliphatic heterocycles. The molecule has 1 aromatic rings. The van der Waals surface area contributed by atoms with E-state index in [0.29, 0.717) is 12.1 Å². The lowest BCUT2D eigenvalue weighted by molar-refractivity contribution is 0.0952. The van der Waals surface area contributed by atoms with E-state index in [1.807, 2.05) is 0 Å². The normalized spacial score (nSPS) is 10.6. The monoisotopic (exact) mass is 306 g/mol. The summed E-state index contributed by atoms with van der Waals surface area (Å²) >= 11 is 0. The lowest BCUT2D eigenvalue weighted by atomic mass is 10.1. The Morgan fingerprint density at radius 1 is 0.955 bits per heavy atom. The Balaban J connectivity index is 1.94. The van der Waals surface area contributed by atoms with Crippen LogP contribution in [-0.4, -0.2) is 17.4 Å². The van der Waals surface area contributed by atoms with Gasteiger partial charge in [0, 0.05) is 18.8 Å². The van der Waals surface area contributed by atoms with Crippen LogP contribution in [0.1, 0.15) is 81.5 Å². The molecule has 0 unspecified atom stereocenters. The van der Waals surface area contributed by atoms with Crippen molar-refractivity contribution in [2.45, 2.75) is 71.1 Å². The predicted molar refractivity (Wildman–Crippen MR) is 91.2 cm³/mol. The number of pyridine rings is 1. The molecule has 0 fully saturated rings. The number of aromatic amines is 1. The third-order valence-corrected chi connectivity index (χ3v) is 3.86. The van der Waals surface area contributed by atoms with Gasteiger partial charge < -0.3 is 10.3 Å². The van der Waals surface area contributed by atoms with Crippen LogP contribution >= 0.6 is 0 Å². The van der Waals surface area contributed by atoms with E-state index in [9.17, 15) is 9.59 Å². The molecule has 0 saturated carbocycles. The molecule has 4 heteroatoms. The number of carbonyl (C=O) groups is 1. The molecule has 0 bridgehead atoms. The van der Waals surface area contributed by atoms with Crippen molar-refractivity contribution in [1.29, 1.82) is 0 Å². The Morgan fingerprint density at radius 3 is 2.09 bits per heavy atom.